The van der Waals surface area contributed by atoms with Crippen LogP contribution >= 0.6 is 23.6 Å². The van der Waals surface area contributed by atoms with Crippen LogP contribution in [0.5, 0.6) is 5.75 Å². The first-order valence-corrected chi connectivity index (χ1v) is 11.3. The molecule has 0 spiro atoms. The summed E-state index contributed by atoms with van der Waals surface area (Å²) in [4.78, 5) is 21.0. The molecule has 2 N–H and O–H groups in total. The van der Waals surface area contributed by atoms with Gasteiger partial charge < -0.3 is 20.3 Å². The SMILES string of the molecule is CCC(=O)Nc1ccc(N2C(=S)N[C@@H](c3ccccn3)[C@H]2c2ccc(C)s2)cc1OC. The minimum Gasteiger partial charge on any atom is -0.494 e. The number of carbonyl (C=O) groups is 1. The van der Waals surface area contributed by atoms with E-state index in [9.17, 15) is 4.79 Å². The molecule has 1 fully saturated rings. The quantitative estimate of drug-likeness (QED) is 0.514. The molecule has 31 heavy (non-hydrogen) atoms. The van der Waals surface area contributed by atoms with Gasteiger partial charge in [-0.2, -0.15) is 0 Å². The average molecular weight is 453 g/mol. The van der Waals surface area contributed by atoms with Crippen molar-refractivity contribution >= 4 is 45.9 Å². The van der Waals surface area contributed by atoms with Crippen LogP contribution in [0.15, 0.2) is 54.7 Å². The van der Waals surface area contributed by atoms with Crippen molar-refractivity contribution in [2.75, 3.05) is 17.3 Å². The third kappa shape index (κ3) is 4.26. The Morgan fingerprint density at radius 1 is 1.29 bits per heavy atom. The Morgan fingerprint density at radius 3 is 2.77 bits per heavy atom. The van der Waals surface area contributed by atoms with Gasteiger partial charge in [0.15, 0.2) is 5.11 Å². The minimum atomic E-state index is -0.0859. The van der Waals surface area contributed by atoms with E-state index in [1.54, 1.807) is 24.6 Å². The van der Waals surface area contributed by atoms with Crippen LogP contribution < -0.4 is 20.3 Å². The van der Waals surface area contributed by atoms with E-state index in [-0.39, 0.29) is 18.0 Å². The molecule has 2 aromatic heterocycles. The number of nitrogens with zero attached hydrogens (tertiary/aromatic N) is 2. The van der Waals surface area contributed by atoms with Crippen molar-refractivity contribution in [1.82, 2.24) is 10.3 Å². The van der Waals surface area contributed by atoms with Gasteiger partial charge in [-0.15, -0.1) is 11.3 Å². The number of amides is 1. The number of anilines is 2. The number of ether oxygens (including phenoxy) is 1. The normalized spacial score (nSPS) is 18.0. The largest absolute Gasteiger partial charge is 0.494 e. The Bertz CT molecular complexity index is 1100. The van der Waals surface area contributed by atoms with Gasteiger partial charge in [0.05, 0.1) is 30.6 Å². The third-order valence-corrected chi connectivity index (χ3v) is 6.60. The lowest BCUT2D eigenvalue weighted by molar-refractivity contribution is -0.115. The Morgan fingerprint density at radius 2 is 2.13 bits per heavy atom. The van der Waals surface area contributed by atoms with E-state index in [0.717, 1.165) is 11.4 Å². The molecule has 1 aliphatic heterocycles. The number of carbonyl (C=O) groups excluding carboxylic acids is 1. The summed E-state index contributed by atoms with van der Waals surface area (Å²) >= 11 is 7.52. The van der Waals surface area contributed by atoms with Crippen molar-refractivity contribution < 1.29 is 9.53 Å². The van der Waals surface area contributed by atoms with Gasteiger partial charge in [0, 0.05) is 34.1 Å². The van der Waals surface area contributed by atoms with Crippen LogP contribution in [0.1, 0.15) is 40.9 Å². The Labute approximate surface area is 191 Å². The first-order chi connectivity index (χ1) is 15.0. The second-order valence-corrected chi connectivity index (χ2v) is 8.94. The summed E-state index contributed by atoms with van der Waals surface area (Å²) in [5.41, 5.74) is 2.46. The van der Waals surface area contributed by atoms with E-state index in [2.05, 4.69) is 39.6 Å². The highest BCUT2D eigenvalue weighted by Crippen LogP contribution is 2.44. The monoisotopic (exact) mass is 452 g/mol. The molecule has 4 rings (SSSR count). The molecule has 6 nitrogen and oxygen atoms in total. The molecule has 1 saturated heterocycles. The van der Waals surface area contributed by atoms with Crippen LogP contribution in [0.2, 0.25) is 0 Å². The van der Waals surface area contributed by atoms with Crippen LogP contribution in [0.25, 0.3) is 0 Å². The molecule has 3 heterocycles. The number of aromatic nitrogens is 1. The van der Waals surface area contributed by atoms with Crippen molar-refractivity contribution in [2.45, 2.75) is 32.4 Å². The van der Waals surface area contributed by atoms with Gasteiger partial charge in [-0.1, -0.05) is 13.0 Å². The van der Waals surface area contributed by atoms with Crippen molar-refractivity contribution in [3.05, 3.63) is 70.2 Å². The fourth-order valence-electron chi connectivity index (χ4n) is 3.71. The van der Waals surface area contributed by atoms with Crippen LogP contribution in [-0.2, 0) is 4.79 Å². The maximum Gasteiger partial charge on any atom is 0.224 e. The summed E-state index contributed by atoms with van der Waals surface area (Å²) in [5, 5.41) is 6.97. The molecule has 3 aromatic rings. The fraction of sp³-hybridized carbons (Fsp3) is 0.261. The Kier molecular flexibility index (Phi) is 6.20. The first-order valence-electron chi connectivity index (χ1n) is 10.1. The first kappa shape index (κ1) is 21.3. The summed E-state index contributed by atoms with van der Waals surface area (Å²) in [7, 11) is 1.60. The number of thiocarbonyl (C=S) groups is 1. The molecule has 0 unspecified atom stereocenters. The van der Waals surface area contributed by atoms with Gasteiger partial charge in [0.2, 0.25) is 5.91 Å². The molecule has 0 aliphatic carbocycles. The Balaban J connectivity index is 1.76. The molecule has 0 bridgehead atoms. The Hall–Kier alpha value is -2.97. The predicted octanol–water partition coefficient (Wildman–Crippen LogP) is 4.99. The summed E-state index contributed by atoms with van der Waals surface area (Å²) in [6.07, 6.45) is 2.20. The summed E-state index contributed by atoms with van der Waals surface area (Å²) in [6, 6.07) is 15.8. The standard InChI is InChI=1S/C23H24N4O2S2/c1-4-20(28)25-16-10-9-15(13-18(16)29-3)27-22(19-11-8-14(2)31-19)21(26-23(27)30)17-7-5-6-12-24-17/h5-13,21-22H,4H2,1-3H3,(H,25,28)(H,26,30)/t21-,22+/m0/s1. The van der Waals surface area contributed by atoms with Gasteiger partial charge in [-0.3, -0.25) is 9.78 Å². The second kappa shape index (κ2) is 9.03. The van der Waals surface area contributed by atoms with Crippen LogP contribution in [0.3, 0.4) is 0 Å². The topological polar surface area (TPSA) is 66.5 Å². The average Bonchev–Trinajstić information content (AvgIpc) is 3.37. The van der Waals surface area contributed by atoms with E-state index >= 15 is 0 Å². The number of methoxy groups -OCH3 is 1. The number of hydrogen-bond donors (Lipinski definition) is 2. The van der Waals surface area contributed by atoms with Gasteiger partial charge >= 0.3 is 0 Å². The van der Waals surface area contributed by atoms with E-state index < -0.39 is 0 Å². The van der Waals surface area contributed by atoms with Gasteiger partial charge in [0.25, 0.3) is 0 Å². The van der Waals surface area contributed by atoms with Crippen molar-refractivity contribution in [3.8, 4) is 5.75 Å². The molecule has 1 aromatic carbocycles. The van der Waals surface area contributed by atoms with Crippen molar-refractivity contribution in [1.29, 1.82) is 0 Å². The van der Waals surface area contributed by atoms with Gasteiger partial charge in [-0.25, -0.2) is 0 Å². The number of benzene rings is 1. The molecule has 8 heteroatoms. The number of aryl methyl sites for hydroxylation is 1. The summed E-state index contributed by atoms with van der Waals surface area (Å²) in [5.74, 6) is 0.524. The van der Waals surface area contributed by atoms with E-state index in [1.807, 2.05) is 43.3 Å². The van der Waals surface area contributed by atoms with Gasteiger partial charge in [0.1, 0.15) is 5.75 Å². The number of thiophene rings is 1. The molecule has 2 atom stereocenters. The lowest BCUT2D eigenvalue weighted by Gasteiger charge is -2.27. The molecule has 1 amide bonds. The van der Waals surface area contributed by atoms with E-state index in [1.165, 1.54) is 9.75 Å². The van der Waals surface area contributed by atoms with Crippen molar-refractivity contribution in [2.24, 2.45) is 0 Å². The lowest BCUT2D eigenvalue weighted by atomic mass is 10.0. The highest BCUT2D eigenvalue weighted by atomic mass is 32.1. The van der Waals surface area contributed by atoms with E-state index in [0.29, 0.717) is 23.0 Å². The molecule has 1 aliphatic rings. The third-order valence-electron chi connectivity index (χ3n) is 5.21. The molecular weight excluding hydrogens is 428 g/mol. The van der Waals surface area contributed by atoms with Crippen LogP contribution in [-0.4, -0.2) is 23.1 Å². The second-order valence-electron chi connectivity index (χ2n) is 7.23. The highest BCUT2D eigenvalue weighted by molar-refractivity contribution is 7.80. The zero-order chi connectivity index (χ0) is 22.0. The minimum absolute atomic E-state index is 0.0538. The van der Waals surface area contributed by atoms with Crippen LogP contribution in [0, 0.1) is 6.92 Å². The molecular formula is C23H24N4O2S2. The predicted molar refractivity (Wildman–Crippen MR) is 129 cm³/mol. The highest BCUT2D eigenvalue weighted by Gasteiger charge is 2.41. The molecule has 0 saturated carbocycles. The zero-order valence-electron chi connectivity index (χ0n) is 17.6. The number of pyridine rings is 1. The molecule has 160 valence electrons. The number of hydrogen-bond acceptors (Lipinski definition) is 5. The zero-order valence-corrected chi connectivity index (χ0v) is 19.2. The molecule has 0 radical (unpaired) electrons. The summed E-state index contributed by atoms with van der Waals surface area (Å²) < 4.78 is 5.57. The summed E-state index contributed by atoms with van der Waals surface area (Å²) in [6.45, 7) is 3.92. The van der Waals surface area contributed by atoms with Crippen LogP contribution in [0.4, 0.5) is 11.4 Å². The van der Waals surface area contributed by atoms with E-state index in [4.69, 9.17) is 17.0 Å². The fourth-order valence-corrected chi connectivity index (χ4v) is 5.06. The van der Waals surface area contributed by atoms with Gasteiger partial charge in [-0.05, 0) is 55.5 Å². The maximum absolute atomic E-state index is 11.9. The number of rotatable bonds is 6. The maximum atomic E-state index is 11.9. The smallest absolute Gasteiger partial charge is 0.224 e. The number of nitrogens with one attached hydrogen (secondary N) is 2. The lowest BCUT2D eigenvalue weighted by Crippen LogP contribution is -2.29. The van der Waals surface area contributed by atoms with Crippen molar-refractivity contribution in [3.63, 3.8) is 0 Å².